The lowest BCUT2D eigenvalue weighted by Crippen LogP contribution is -2.06. The number of nitrogens with one attached hydrogen (secondary N) is 2. The van der Waals surface area contributed by atoms with Crippen LogP contribution in [0.3, 0.4) is 0 Å². The fourth-order valence-electron chi connectivity index (χ4n) is 1.82. The summed E-state index contributed by atoms with van der Waals surface area (Å²) in [5.41, 5.74) is 13.8. The molecule has 2 heterocycles. The van der Waals surface area contributed by atoms with E-state index in [1.165, 1.54) is 12.8 Å². The zero-order valence-corrected chi connectivity index (χ0v) is 10.1. The number of nitrogens with two attached hydrogens (primary N) is 2. The number of aryl methyl sites for hydroxylation is 1. The van der Waals surface area contributed by atoms with E-state index >= 15 is 0 Å². The molecule has 1 aliphatic rings. The van der Waals surface area contributed by atoms with Crippen LogP contribution in [0.25, 0.3) is 0 Å². The molecule has 1 aliphatic carbocycles. The maximum atomic E-state index is 5.90. The summed E-state index contributed by atoms with van der Waals surface area (Å²) in [7, 11) is 0. The monoisotopic (exact) mass is 245 g/mol. The van der Waals surface area contributed by atoms with E-state index in [-0.39, 0.29) is 5.95 Å². The Morgan fingerprint density at radius 2 is 2.11 bits per heavy atom. The predicted molar refractivity (Wildman–Crippen MR) is 69.4 cm³/mol. The predicted octanol–water partition coefficient (Wildman–Crippen LogP) is 1.29. The molecule has 7 nitrogen and oxygen atoms in total. The lowest BCUT2D eigenvalue weighted by Gasteiger charge is -2.08. The average molecular weight is 245 g/mol. The number of aromatic amines is 1. The van der Waals surface area contributed by atoms with Gasteiger partial charge in [0.2, 0.25) is 5.95 Å². The molecule has 0 amide bonds. The number of nitrogens with zero attached hydrogens (tertiary/aromatic N) is 3. The molecule has 2 aromatic heterocycles. The SMILES string of the molecule is Cc1nc(N)nc(Nc2cc(C3CC3)[nH]n2)c1N. The number of anilines is 4. The number of hydrogen-bond acceptors (Lipinski definition) is 6. The van der Waals surface area contributed by atoms with Crippen molar-refractivity contribution in [1.82, 2.24) is 20.2 Å². The first-order valence-corrected chi connectivity index (χ1v) is 5.85. The molecule has 94 valence electrons. The van der Waals surface area contributed by atoms with Gasteiger partial charge in [-0.1, -0.05) is 0 Å². The Bertz CT molecular complexity index is 585. The second-order valence-electron chi connectivity index (χ2n) is 4.54. The summed E-state index contributed by atoms with van der Waals surface area (Å²) in [4.78, 5) is 8.07. The van der Waals surface area contributed by atoms with Gasteiger partial charge in [0.1, 0.15) is 0 Å². The van der Waals surface area contributed by atoms with Crippen molar-refractivity contribution >= 4 is 23.3 Å². The molecule has 0 unspecified atom stereocenters. The van der Waals surface area contributed by atoms with Gasteiger partial charge in [-0.2, -0.15) is 10.1 Å². The average Bonchev–Trinajstić information content (AvgIpc) is 3.07. The van der Waals surface area contributed by atoms with Crippen molar-refractivity contribution in [1.29, 1.82) is 0 Å². The van der Waals surface area contributed by atoms with Crippen LogP contribution in [0, 0.1) is 6.92 Å². The van der Waals surface area contributed by atoms with Crippen LogP contribution in [-0.2, 0) is 0 Å². The van der Waals surface area contributed by atoms with E-state index < -0.39 is 0 Å². The van der Waals surface area contributed by atoms with Crippen molar-refractivity contribution in [2.45, 2.75) is 25.7 Å². The Labute approximate surface area is 104 Å². The first-order valence-electron chi connectivity index (χ1n) is 5.85. The Kier molecular flexibility index (Phi) is 2.32. The number of rotatable bonds is 3. The molecule has 0 atom stereocenters. The van der Waals surface area contributed by atoms with Gasteiger partial charge in [-0.25, -0.2) is 4.98 Å². The van der Waals surface area contributed by atoms with E-state index in [0.717, 1.165) is 5.69 Å². The molecule has 7 heteroatoms. The number of nitrogen functional groups attached to an aromatic ring is 2. The van der Waals surface area contributed by atoms with Gasteiger partial charge in [0.05, 0.1) is 11.4 Å². The fourth-order valence-corrected chi connectivity index (χ4v) is 1.82. The molecule has 6 N–H and O–H groups in total. The van der Waals surface area contributed by atoms with Gasteiger partial charge in [0.25, 0.3) is 0 Å². The van der Waals surface area contributed by atoms with E-state index in [4.69, 9.17) is 11.5 Å². The largest absolute Gasteiger partial charge is 0.394 e. The molecule has 0 radical (unpaired) electrons. The minimum Gasteiger partial charge on any atom is -0.394 e. The highest BCUT2D eigenvalue weighted by Crippen LogP contribution is 2.39. The van der Waals surface area contributed by atoms with Gasteiger partial charge in [0.15, 0.2) is 11.6 Å². The normalized spacial score (nSPS) is 14.7. The van der Waals surface area contributed by atoms with Crippen LogP contribution < -0.4 is 16.8 Å². The van der Waals surface area contributed by atoms with E-state index in [9.17, 15) is 0 Å². The van der Waals surface area contributed by atoms with E-state index in [1.54, 1.807) is 6.92 Å². The number of hydrogen-bond donors (Lipinski definition) is 4. The van der Waals surface area contributed by atoms with Gasteiger partial charge < -0.3 is 16.8 Å². The molecule has 18 heavy (non-hydrogen) atoms. The third-order valence-electron chi connectivity index (χ3n) is 3.01. The maximum absolute atomic E-state index is 5.90. The topological polar surface area (TPSA) is 119 Å². The second kappa shape index (κ2) is 3.86. The summed E-state index contributed by atoms with van der Waals surface area (Å²) in [5.74, 6) is 2.01. The number of aromatic nitrogens is 4. The zero-order valence-electron chi connectivity index (χ0n) is 10.1. The van der Waals surface area contributed by atoms with Crippen molar-refractivity contribution in [2.24, 2.45) is 0 Å². The minimum atomic E-state index is 0.196. The van der Waals surface area contributed by atoms with E-state index in [1.807, 2.05) is 6.07 Å². The molecule has 1 fully saturated rings. The van der Waals surface area contributed by atoms with Crippen molar-refractivity contribution < 1.29 is 0 Å². The highest BCUT2D eigenvalue weighted by molar-refractivity contribution is 5.70. The van der Waals surface area contributed by atoms with Crippen molar-refractivity contribution in [3.63, 3.8) is 0 Å². The van der Waals surface area contributed by atoms with Crippen LogP contribution in [-0.4, -0.2) is 20.2 Å². The summed E-state index contributed by atoms with van der Waals surface area (Å²) in [6.07, 6.45) is 2.45. The standard InChI is InChI=1S/C11H15N7/c1-5-9(12)10(16-11(13)14-5)15-8-4-7(17-18-8)6-2-3-6/h4,6H,2-3,12H2,1H3,(H4,13,14,15,16,17,18). The molecule has 2 aromatic rings. The Balaban J connectivity index is 1.86. The quantitative estimate of drug-likeness (QED) is 0.647. The van der Waals surface area contributed by atoms with Crippen molar-refractivity contribution in [3.8, 4) is 0 Å². The summed E-state index contributed by atoms with van der Waals surface area (Å²) in [5, 5.41) is 10.2. The molecular formula is C11H15N7. The summed E-state index contributed by atoms with van der Waals surface area (Å²) < 4.78 is 0. The first kappa shape index (κ1) is 10.8. The summed E-state index contributed by atoms with van der Waals surface area (Å²) in [6.45, 7) is 1.79. The van der Waals surface area contributed by atoms with Gasteiger partial charge in [-0.15, -0.1) is 0 Å². The van der Waals surface area contributed by atoms with Gasteiger partial charge in [-0.3, -0.25) is 5.10 Å². The Morgan fingerprint density at radius 3 is 2.83 bits per heavy atom. The first-order chi connectivity index (χ1) is 8.63. The summed E-state index contributed by atoms with van der Waals surface area (Å²) in [6, 6.07) is 1.98. The Hall–Kier alpha value is -2.31. The maximum Gasteiger partial charge on any atom is 0.222 e. The van der Waals surface area contributed by atoms with Crippen LogP contribution in [0.15, 0.2) is 6.07 Å². The van der Waals surface area contributed by atoms with Crippen LogP contribution in [0.5, 0.6) is 0 Å². The molecule has 0 spiro atoms. The van der Waals surface area contributed by atoms with Crippen LogP contribution in [0.4, 0.5) is 23.3 Å². The second-order valence-corrected chi connectivity index (χ2v) is 4.54. The lowest BCUT2D eigenvalue weighted by atomic mass is 10.3. The Morgan fingerprint density at radius 1 is 1.33 bits per heavy atom. The van der Waals surface area contributed by atoms with Gasteiger partial charge >= 0.3 is 0 Å². The smallest absolute Gasteiger partial charge is 0.222 e. The molecule has 0 bridgehead atoms. The summed E-state index contributed by atoms with van der Waals surface area (Å²) >= 11 is 0. The van der Waals surface area contributed by atoms with Crippen LogP contribution in [0.1, 0.15) is 30.1 Å². The van der Waals surface area contributed by atoms with Crippen molar-refractivity contribution in [2.75, 3.05) is 16.8 Å². The van der Waals surface area contributed by atoms with Crippen LogP contribution >= 0.6 is 0 Å². The molecule has 3 rings (SSSR count). The third kappa shape index (κ3) is 1.94. The molecule has 1 saturated carbocycles. The van der Waals surface area contributed by atoms with E-state index in [0.29, 0.717) is 28.9 Å². The molecular weight excluding hydrogens is 230 g/mol. The van der Waals surface area contributed by atoms with Crippen LogP contribution in [0.2, 0.25) is 0 Å². The molecule has 0 aliphatic heterocycles. The molecule has 0 aromatic carbocycles. The van der Waals surface area contributed by atoms with E-state index in [2.05, 4.69) is 25.5 Å². The third-order valence-corrected chi connectivity index (χ3v) is 3.01. The zero-order chi connectivity index (χ0) is 12.7. The lowest BCUT2D eigenvalue weighted by molar-refractivity contribution is 0.966. The highest BCUT2D eigenvalue weighted by Gasteiger charge is 2.25. The van der Waals surface area contributed by atoms with Gasteiger partial charge in [0, 0.05) is 17.7 Å². The highest BCUT2D eigenvalue weighted by atomic mass is 15.2. The fraction of sp³-hybridized carbons (Fsp3) is 0.364. The van der Waals surface area contributed by atoms with Gasteiger partial charge in [-0.05, 0) is 19.8 Å². The van der Waals surface area contributed by atoms with Crippen molar-refractivity contribution in [3.05, 3.63) is 17.5 Å². The minimum absolute atomic E-state index is 0.196. The number of H-pyrrole nitrogens is 1. The molecule has 0 saturated heterocycles.